The van der Waals surface area contributed by atoms with E-state index in [-0.39, 0.29) is 30.4 Å². The molecule has 2 rings (SSSR count). The molecule has 0 saturated heterocycles. The van der Waals surface area contributed by atoms with Crippen molar-refractivity contribution in [3.05, 3.63) is 29.8 Å². The van der Waals surface area contributed by atoms with Gasteiger partial charge in [0, 0.05) is 10.6 Å². The van der Waals surface area contributed by atoms with Crippen LogP contribution in [0.25, 0.3) is 0 Å². The quantitative estimate of drug-likeness (QED) is 0.875. The lowest BCUT2D eigenvalue weighted by atomic mass is 9.98. The Bertz CT molecular complexity index is 434. The molecule has 1 aromatic rings. The number of thioether (sulfide) groups is 1. The lowest BCUT2D eigenvalue weighted by Crippen LogP contribution is -2.43. The summed E-state index contributed by atoms with van der Waals surface area (Å²) in [4.78, 5) is 13.4. The largest absolute Gasteiger partial charge is 0.394 e. The average molecular weight is 265 g/mol. The predicted octanol–water partition coefficient (Wildman–Crippen LogP) is 2.01. The van der Waals surface area contributed by atoms with Crippen LogP contribution in [0.1, 0.15) is 25.3 Å². The van der Waals surface area contributed by atoms with Crippen molar-refractivity contribution in [2.45, 2.75) is 30.7 Å². The Kier molecular flexibility index (Phi) is 4.30. The molecule has 1 heterocycles. The summed E-state index contributed by atoms with van der Waals surface area (Å²) in [6.07, 6.45) is 0. The summed E-state index contributed by atoms with van der Waals surface area (Å²) in [5.41, 5.74) is 1.11. The standard InChI is InChI=1S/C14H19NO2S/c1-9(2)12(7-16)15-14(17)11-8-18-13-6-4-3-5-10(11)13/h3-6,9,11-12,16H,7-8H2,1-2H3,(H,15,17). The fourth-order valence-electron chi connectivity index (χ4n) is 2.09. The van der Waals surface area contributed by atoms with Crippen LogP contribution in [0.2, 0.25) is 0 Å². The molecular weight excluding hydrogens is 246 g/mol. The fourth-order valence-corrected chi connectivity index (χ4v) is 3.32. The first-order valence-corrected chi connectivity index (χ1v) is 7.25. The van der Waals surface area contributed by atoms with Gasteiger partial charge >= 0.3 is 0 Å². The molecule has 1 aliphatic heterocycles. The van der Waals surface area contributed by atoms with E-state index in [4.69, 9.17) is 0 Å². The summed E-state index contributed by atoms with van der Waals surface area (Å²) < 4.78 is 0. The second-order valence-corrected chi connectivity index (χ2v) is 6.00. The predicted molar refractivity (Wildman–Crippen MR) is 73.8 cm³/mol. The summed E-state index contributed by atoms with van der Waals surface area (Å²) in [6, 6.07) is 7.88. The normalized spacial score (nSPS) is 19.7. The average Bonchev–Trinajstić information content (AvgIpc) is 2.79. The van der Waals surface area contributed by atoms with Crippen molar-refractivity contribution < 1.29 is 9.90 Å². The number of amides is 1. The lowest BCUT2D eigenvalue weighted by molar-refractivity contribution is -0.123. The molecule has 3 nitrogen and oxygen atoms in total. The maximum absolute atomic E-state index is 12.2. The summed E-state index contributed by atoms with van der Waals surface area (Å²) in [7, 11) is 0. The van der Waals surface area contributed by atoms with Gasteiger partial charge in [-0.1, -0.05) is 32.0 Å². The molecule has 0 bridgehead atoms. The Morgan fingerprint density at radius 2 is 2.22 bits per heavy atom. The molecule has 0 aliphatic carbocycles. The van der Waals surface area contributed by atoms with Crippen LogP contribution in [-0.2, 0) is 4.79 Å². The van der Waals surface area contributed by atoms with E-state index in [1.54, 1.807) is 11.8 Å². The van der Waals surface area contributed by atoms with Gasteiger partial charge in [0.05, 0.1) is 18.6 Å². The number of hydrogen-bond acceptors (Lipinski definition) is 3. The maximum atomic E-state index is 12.2. The first-order valence-electron chi connectivity index (χ1n) is 6.26. The maximum Gasteiger partial charge on any atom is 0.228 e. The molecule has 0 aromatic heterocycles. The van der Waals surface area contributed by atoms with E-state index in [0.29, 0.717) is 0 Å². The van der Waals surface area contributed by atoms with Crippen LogP contribution < -0.4 is 5.32 Å². The summed E-state index contributed by atoms with van der Waals surface area (Å²) in [5.74, 6) is 0.976. The van der Waals surface area contributed by atoms with Gasteiger partial charge in [0.2, 0.25) is 5.91 Å². The minimum absolute atomic E-state index is 0.00901. The van der Waals surface area contributed by atoms with E-state index < -0.39 is 0 Å². The monoisotopic (exact) mass is 265 g/mol. The molecular formula is C14H19NO2S. The van der Waals surface area contributed by atoms with Crippen molar-refractivity contribution in [3.8, 4) is 0 Å². The molecule has 1 amide bonds. The van der Waals surface area contributed by atoms with Crippen molar-refractivity contribution in [2.75, 3.05) is 12.4 Å². The van der Waals surface area contributed by atoms with Crippen molar-refractivity contribution in [1.29, 1.82) is 0 Å². The summed E-state index contributed by atoms with van der Waals surface area (Å²) >= 11 is 1.72. The highest BCUT2D eigenvalue weighted by Crippen LogP contribution is 2.39. The highest BCUT2D eigenvalue weighted by atomic mass is 32.2. The van der Waals surface area contributed by atoms with Gasteiger partial charge in [0.15, 0.2) is 0 Å². The number of hydrogen-bond donors (Lipinski definition) is 2. The third kappa shape index (κ3) is 2.70. The van der Waals surface area contributed by atoms with Gasteiger partial charge < -0.3 is 10.4 Å². The van der Waals surface area contributed by atoms with Crippen molar-refractivity contribution in [2.24, 2.45) is 5.92 Å². The number of nitrogens with one attached hydrogen (secondary N) is 1. The van der Waals surface area contributed by atoms with Crippen LogP contribution in [0, 0.1) is 5.92 Å². The number of rotatable bonds is 4. The zero-order valence-corrected chi connectivity index (χ0v) is 11.5. The first kappa shape index (κ1) is 13.4. The fraction of sp³-hybridized carbons (Fsp3) is 0.500. The third-order valence-electron chi connectivity index (χ3n) is 3.35. The van der Waals surface area contributed by atoms with E-state index in [1.807, 2.05) is 32.0 Å². The molecule has 98 valence electrons. The number of benzene rings is 1. The number of aliphatic hydroxyl groups excluding tert-OH is 1. The van der Waals surface area contributed by atoms with Gasteiger partial charge in [-0.25, -0.2) is 0 Å². The summed E-state index contributed by atoms with van der Waals surface area (Å²) in [6.45, 7) is 3.99. The number of carbonyl (C=O) groups excluding carboxylic acids is 1. The van der Waals surface area contributed by atoms with Crippen molar-refractivity contribution >= 4 is 17.7 Å². The minimum Gasteiger partial charge on any atom is -0.394 e. The zero-order valence-electron chi connectivity index (χ0n) is 10.7. The smallest absolute Gasteiger partial charge is 0.228 e. The van der Waals surface area contributed by atoms with Gasteiger partial charge in [0.1, 0.15) is 0 Å². The number of carbonyl (C=O) groups is 1. The van der Waals surface area contributed by atoms with Gasteiger partial charge in [-0.2, -0.15) is 0 Å². The van der Waals surface area contributed by atoms with Crippen LogP contribution in [0.15, 0.2) is 29.2 Å². The van der Waals surface area contributed by atoms with E-state index in [2.05, 4.69) is 11.4 Å². The number of fused-ring (bicyclic) bond motifs is 1. The Hall–Kier alpha value is -1.00. The minimum atomic E-state index is -0.157. The molecule has 0 fully saturated rings. The molecule has 0 radical (unpaired) electrons. The summed E-state index contributed by atoms with van der Waals surface area (Å²) in [5, 5.41) is 12.2. The van der Waals surface area contributed by atoms with Gasteiger partial charge in [-0.3, -0.25) is 4.79 Å². The molecule has 4 heteroatoms. The molecule has 1 aliphatic rings. The lowest BCUT2D eigenvalue weighted by Gasteiger charge is -2.22. The highest BCUT2D eigenvalue weighted by molar-refractivity contribution is 7.99. The molecule has 2 unspecified atom stereocenters. The highest BCUT2D eigenvalue weighted by Gasteiger charge is 2.30. The van der Waals surface area contributed by atoms with E-state index in [1.165, 1.54) is 4.90 Å². The molecule has 1 aromatic carbocycles. The first-order chi connectivity index (χ1) is 8.63. The Balaban J connectivity index is 2.07. The zero-order chi connectivity index (χ0) is 13.1. The van der Waals surface area contributed by atoms with E-state index in [0.717, 1.165) is 11.3 Å². The topological polar surface area (TPSA) is 49.3 Å². The van der Waals surface area contributed by atoms with Crippen LogP contribution in [-0.4, -0.2) is 29.4 Å². The Morgan fingerprint density at radius 1 is 1.50 bits per heavy atom. The molecule has 0 saturated carbocycles. The molecule has 18 heavy (non-hydrogen) atoms. The van der Waals surface area contributed by atoms with E-state index in [9.17, 15) is 9.90 Å². The third-order valence-corrected chi connectivity index (χ3v) is 4.53. The van der Waals surface area contributed by atoms with E-state index >= 15 is 0 Å². The molecule has 2 atom stereocenters. The SMILES string of the molecule is CC(C)C(CO)NC(=O)C1CSc2ccccc21. The Morgan fingerprint density at radius 3 is 2.89 bits per heavy atom. The van der Waals surface area contributed by atoms with Gasteiger partial charge in [-0.05, 0) is 17.5 Å². The van der Waals surface area contributed by atoms with Crippen LogP contribution in [0.4, 0.5) is 0 Å². The second kappa shape index (κ2) is 5.76. The van der Waals surface area contributed by atoms with Crippen molar-refractivity contribution in [1.82, 2.24) is 5.32 Å². The van der Waals surface area contributed by atoms with Crippen LogP contribution >= 0.6 is 11.8 Å². The van der Waals surface area contributed by atoms with Gasteiger partial charge in [-0.15, -0.1) is 11.8 Å². The second-order valence-electron chi connectivity index (χ2n) is 4.94. The Labute approximate surface area is 112 Å². The molecule has 0 spiro atoms. The van der Waals surface area contributed by atoms with Crippen LogP contribution in [0.3, 0.4) is 0 Å². The van der Waals surface area contributed by atoms with Crippen molar-refractivity contribution in [3.63, 3.8) is 0 Å². The van der Waals surface area contributed by atoms with Gasteiger partial charge in [0.25, 0.3) is 0 Å². The number of aliphatic hydroxyl groups is 1. The molecule has 2 N–H and O–H groups in total. The van der Waals surface area contributed by atoms with Crippen LogP contribution in [0.5, 0.6) is 0 Å².